The molecule has 382 valence electrons. The van der Waals surface area contributed by atoms with Crippen molar-refractivity contribution < 1.29 is 35.1 Å². The number of nitrogens with zero attached hydrogens (tertiary/aromatic N) is 10. The zero-order valence-corrected chi connectivity index (χ0v) is 40.8. The molecule has 6 aromatic rings. The van der Waals surface area contributed by atoms with E-state index >= 15 is 0 Å². The molecule has 2 aliphatic heterocycles. The van der Waals surface area contributed by atoms with Gasteiger partial charge in [-0.05, 0) is 48.4 Å². The predicted molar refractivity (Wildman–Crippen MR) is 268 cm³/mol. The molecule has 4 fully saturated rings. The zero-order chi connectivity index (χ0) is 50.2. The first-order chi connectivity index (χ1) is 34.9. The first-order valence-corrected chi connectivity index (χ1v) is 25.2. The molecule has 11 atom stereocenters. The average Bonchev–Trinajstić information content (AvgIpc) is 4.28. The Balaban J connectivity index is 0.835. The second-order valence-electron chi connectivity index (χ2n) is 19.3. The van der Waals surface area contributed by atoms with Crippen molar-refractivity contribution in [3.05, 3.63) is 89.7 Å². The van der Waals surface area contributed by atoms with Gasteiger partial charge in [-0.2, -0.15) is 19.9 Å². The molecule has 2 saturated carbocycles. The summed E-state index contributed by atoms with van der Waals surface area (Å²) in [6.45, 7) is 6.06. The summed E-state index contributed by atoms with van der Waals surface area (Å²) >= 11 is 6.45. The van der Waals surface area contributed by atoms with E-state index in [2.05, 4.69) is 70.7 Å². The maximum Gasteiger partial charge on any atom is 0.229 e. The number of fused-ring (bicyclic) bond motifs is 2. The average molecular weight is 1010 g/mol. The number of aromatic nitrogens is 8. The first-order valence-electron chi connectivity index (χ1n) is 24.9. The van der Waals surface area contributed by atoms with Gasteiger partial charge in [-0.3, -0.25) is 19.8 Å². The number of hydrogen-bond acceptors (Lipinski definition) is 18. The number of hydrogen-bond donors (Lipinski definition) is 10. The molecule has 2 amide bonds. The lowest BCUT2D eigenvalue weighted by Gasteiger charge is -2.27. The minimum Gasteiger partial charge on any atom is -0.388 e. The molecule has 6 heterocycles. The molecule has 4 aliphatic rings. The summed E-state index contributed by atoms with van der Waals surface area (Å²) in [7, 11) is 0. The van der Waals surface area contributed by atoms with Crippen LogP contribution < -0.4 is 31.5 Å². The number of rotatable bonds is 17. The van der Waals surface area contributed by atoms with E-state index < -0.39 is 54.9 Å². The molecule has 72 heavy (non-hydrogen) atoms. The molecule has 22 nitrogen and oxygen atoms in total. The molecule has 10 N–H and O–H groups in total. The van der Waals surface area contributed by atoms with E-state index in [0.29, 0.717) is 85.5 Å². The van der Waals surface area contributed by atoms with Crippen molar-refractivity contribution in [3.8, 4) is 0 Å². The normalized spacial score (nSPS) is 27.0. The second kappa shape index (κ2) is 21.2. The van der Waals surface area contributed by atoms with Gasteiger partial charge < -0.3 is 60.8 Å². The lowest BCUT2D eigenvalue weighted by Crippen LogP contribution is -2.50. The van der Waals surface area contributed by atoms with E-state index in [1.54, 1.807) is 29.3 Å². The van der Waals surface area contributed by atoms with Crippen LogP contribution in [0.3, 0.4) is 0 Å². The lowest BCUT2D eigenvalue weighted by atomic mass is 9.91. The molecule has 10 rings (SSSR count). The van der Waals surface area contributed by atoms with Crippen LogP contribution in [0, 0.1) is 0 Å². The Hall–Kier alpha value is -6.11. The topological polar surface area (TPSA) is 289 Å². The second-order valence-corrected chi connectivity index (χ2v) is 19.7. The van der Waals surface area contributed by atoms with E-state index in [4.69, 9.17) is 26.6 Å². The Labute approximate surface area is 420 Å². The maximum atomic E-state index is 12.4. The number of likely N-dealkylation sites (tertiary alicyclic amines) is 1. The van der Waals surface area contributed by atoms with Crippen molar-refractivity contribution >= 4 is 63.3 Å². The Morgan fingerprint density at radius 1 is 0.694 bits per heavy atom. The summed E-state index contributed by atoms with van der Waals surface area (Å²) in [4.78, 5) is 56.8. The van der Waals surface area contributed by atoms with Crippen molar-refractivity contribution in [2.75, 3.05) is 48.3 Å². The molecule has 0 bridgehead atoms. The highest BCUT2D eigenvalue weighted by Gasteiger charge is 2.45. The smallest absolute Gasteiger partial charge is 0.229 e. The fraction of sp³-hybridized carbons (Fsp3) is 0.510. The quantitative estimate of drug-likeness (QED) is 0.0459. The number of carbonyl (C=O) groups excluding carboxylic acids is 2. The van der Waals surface area contributed by atoms with Crippen molar-refractivity contribution in [2.24, 2.45) is 0 Å². The van der Waals surface area contributed by atoms with E-state index in [-0.39, 0.29) is 60.8 Å². The molecule has 4 aromatic heterocycles. The molecule has 2 saturated heterocycles. The highest BCUT2D eigenvalue weighted by Crippen LogP contribution is 2.37. The van der Waals surface area contributed by atoms with Crippen LogP contribution in [-0.2, 0) is 9.59 Å². The molecule has 2 aromatic carbocycles. The van der Waals surface area contributed by atoms with E-state index in [9.17, 15) is 35.1 Å². The van der Waals surface area contributed by atoms with Gasteiger partial charge >= 0.3 is 0 Å². The van der Waals surface area contributed by atoms with Crippen LogP contribution >= 0.6 is 11.6 Å². The van der Waals surface area contributed by atoms with Gasteiger partial charge in [0.05, 0.1) is 36.8 Å². The highest BCUT2D eigenvalue weighted by atomic mass is 35.5. The monoisotopic (exact) mass is 1010 g/mol. The zero-order valence-electron chi connectivity index (χ0n) is 40.0. The SMILES string of the molecule is CCC(=O)N[C@H]1C[C@@H](n2cnc3c(NCC(c4ccccc4)c4ccccc4)nc(N4CC[C@@H](NC(O)N5CC[C@@H](Nc6nc(Cl)nc7c6ncn7[C@@H]6C[C@H](NC(=O)CC)[C@@H](O)[C@H]6O)C5)C4)nc32)[C@H](O)[C@@H]1O. The van der Waals surface area contributed by atoms with Crippen LogP contribution in [0.15, 0.2) is 73.3 Å². The van der Waals surface area contributed by atoms with Gasteiger partial charge in [0.25, 0.3) is 0 Å². The predicted octanol–water partition coefficient (Wildman–Crippen LogP) is 1.62. The van der Waals surface area contributed by atoms with Crippen LogP contribution in [0.5, 0.6) is 0 Å². The fourth-order valence-electron chi connectivity index (χ4n) is 10.8. The summed E-state index contributed by atoms with van der Waals surface area (Å²) < 4.78 is 3.44. The molecule has 0 spiro atoms. The Morgan fingerprint density at radius 3 is 1.83 bits per heavy atom. The third-order valence-electron chi connectivity index (χ3n) is 14.8. The number of imidazole rings is 2. The van der Waals surface area contributed by atoms with E-state index in [0.717, 1.165) is 11.1 Å². The van der Waals surface area contributed by atoms with Gasteiger partial charge in [0.15, 0.2) is 40.3 Å². The minimum absolute atomic E-state index is 0.0259. The van der Waals surface area contributed by atoms with Gasteiger partial charge in [-0.1, -0.05) is 74.5 Å². The molecule has 2 aliphatic carbocycles. The number of anilines is 3. The number of amides is 2. The van der Waals surface area contributed by atoms with Crippen molar-refractivity contribution in [3.63, 3.8) is 0 Å². The van der Waals surface area contributed by atoms with Crippen molar-refractivity contribution in [1.29, 1.82) is 0 Å². The first kappa shape index (κ1) is 49.5. The molecule has 1 unspecified atom stereocenters. The van der Waals surface area contributed by atoms with Crippen LogP contribution in [0.2, 0.25) is 5.28 Å². The highest BCUT2D eigenvalue weighted by molar-refractivity contribution is 6.28. The summed E-state index contributed by atoms with van der Waals surface area (Å²) in [6, 6.07) is 17.7. The van der Waals surface area contributed by atoms with Crippen LogP contribution in [-0.4, -0.2) is 169 Å². The summed E-state index contributed by atoms with van der Waals surface area (Å²) in [6.07, 6.45) is -0.157. The Kier molecular flexibility index (Phi) is 14.5. The van der Waals surface area contributed by atoms with Crippen LogP contribution in [0.4, 0.5) is 17.6 Å². The molecular weight excluding hydrogens is 946 g/mol. The summed E-state index contributed by atoms with van der Waals surface area (Å²) in [5.41, 5.74) is 4.03. The minimum atomic E-state index is -1.19. The number of aliphatic hydroxyl groups excluding tert-OH is 5. The van der Waals surface area contributed by atoms with E-state index in [1.807, 2.05) is 41.3 Å². The van der Waals surface area contributed by atoms with Crippen molar-refractivity contribution in [2.45, 2.75) is 125 Å². The largest absolute Gasteiger partial charge is 0.388 e. The Bertz CT molecular complexity index is 2820. The Morgan fingerprint density at radius 2 is 1.25 bits per heavy atom. The van der Waals surface area contributed by atoms with Gasteiger partial charge in [-0.25, -0.2) is 9.97 Å². The van der Waals surface area contributed by atoms with E-state index in [1.165, 1.54) is 6.33 Å². The molecule has 0 radical (unpaired) electrons. The standard InChI is InChI=1S/C49H62ClN15O7/c1-3-35(66)56-31-19-33(41(70)39(31)68)64-25-53-38-44(58-47(50)60-45(38)64)54-28-16-18-63(23-28)49(72)55-29-15-17-62(22-29)48-59-43(51-21-30(26-11-7-5-8-12-26)27-13-9-6-10-14-27)37-46(61-48)65(24-52-37)34-20-32(40(69)42(34)71)57-36(67)4-2/h5-14,24-25,28-34,39-42,49,55,68-72H,3-4,15-23H2,1-2H3,(H,56,66)(H,57,67)(H,51,59,61)(H,54,58,60)/t28-,29-,31+,32+,33-,34-,39-,40-,41+,42+,49?/m1/s1. The van der Waals surface area contributed by atoms with Crippen LogP contribution in [0.25, 0.3) is 22.3 Å². The van der Waals surface area contributed by atoms with Gasteiger partial charge in [0.2, 0.25) is 23.0 Å². The third kappa shape index (κ3) is 10.0. The third-order valence-corrected chi connectivity index (χ3v) is 15.0. The number of nitrogens with one attached hydrogen (secondary N) is 5. The van der Waals surface area contributed by atoms with Gasteiger partial charge in [0.1, 0.15) is 24.4 Å². The number of halogens is 1. The molecule has 23 heteroatoms. The lowest BCUT2D eigenvalue weighted by molar-refractivity contribution is -0.123. The number of aliphatic hydroxyl groups is 5. The van der Waals surface area contributed by atoms with Gasteiger partial charge in [-0.15, -0.1) is 0 Å². The molecular formula is C49H62ClN15O7. The summed E-state index contributed by atoms with van der Waals surface area (Å²) in [5, 5.41) is 71.9. The van der Waals surface area contributed by atoms with Gasteiger partial charge in [0, 0.05) is 63.6 Å². The number of carbonyl (C=O) groups is 2. The fourth-order valence-corrected chi connectivity index (χ4v) is 11.0. The maximum absolute atomic E-state index is 12.4. The number of benzene rings is 2. The van der Waals surface area contributed by atoms with Crippen LogP contribution in [0.1, 0.15) is 81.5 Å². The summed E-state index contributed by atoms with van der Waals surface area (Å²) in [5.74, 6) is 0.887. The van der Waals surface area contributed by atoms with Crippen molar-refractivity contribution in [1.82, 2.24) is 59.9 Å².